The smallest absolute Gasteiger partial charge is 0.255 e. The van der Waals surface area contributed by atoms with E-state index in [1.54, 1.807) is 42.5 Å². The first-order chi connectivity index (χ1) is 17.6. The van der Waals surface area contributed by atoms with Gasteiger partial charge in [-0.3, -0.25) is 19.2 Å². The van der Waals surface area contributed by atoms with Gasteiger partial charge in [0, 0.05) is 35.6 Å². The minimum absolute atomic E-state index is 0.0152. The molecular formula is C27H24N2O8. The number of hydrogen-bond donors (Lipinski definition) is 6. The van der Waals surface area contributed by atoms with E-state index in [4.69, 9.17) is 5.73 Å². The number of aliphatic hydroxyl groups excluding tert-OH is 2. The van der Waals surface area contributed by atoms with Crippen LogP contribution in [0.1, 0.15) is 39.9 Å². The molecule has 3 atom stereocenters. The molecule has 0 bridgehead atoms. The molecule has 5 rings (SSSR count). The Balaban J connectivity index is 1.52. The second-order valence-electron chi connectivity index (χ2n) is 9.56. The molecule has 0 saturated heterocycles. The van der Waals surface area contributed by atoms with Crippen LogP contribution in [0.25, 0.3) is 5.76 Å². The Labute approximate surface area is 210 Å². The predicted molar refractivity (Wildman–Crippen MR) is 129 cm³/mol. The van der Waals surface area contributed by atoms with Gasteiger partial charge in [-0.05, 0) is 36.5 Å². The van der Waals surface area contributed by atoms with Gasteiger partial charge in [0.05, 0.1) is 5.56 Å². The summed E-state index contributed by atoms with van der Waals surface area (Å²) in [6.07, 6.45) is -0.0789. The van der Waals surface area contributed by atoms with Crippen LogP contribution in [0.3, 0.4) is 0 Å². The first kappa shape index (κ1) is 24.3. The Morgan fingerprint density at radius 1 is 1.03 bits per heavy atom. The van der Waals surface area contributed by atoms with E-state index in [-0.39, 0.29) is 54.2 Å². The Kier molecular flexibility index (Phi) is 5.64. The number of carbonyl (C=O) groups excluding carboxylic acids is 4. The third kappa shape index (κ3) is 3.60. The summed E-state index contributed by atoms with van der Waals surface area (Å²) in [4.78, 5) is 50.0. The highest BCUT2D eigenvalue weighted by molar-refractivity contribution is 6.22. The molecule has 1 unspecified atom stereocenters. The molecule has 1 saturated carbocycles. The van der Waals surface area contributed by atoms with E-state index >= 15 is 0 Å². The molecule has 2 aromatic rings. The van der Waals surface area contributed by atoms with Crippen molar-refractivity contribution in [2.24, 2.45) is 17.6 Å². The van der Waals surface area contributed by atoms with Gasteiger partial charge in [-0.1, -0.05) is 30.3 Å². The van der Waals surface area contributed by atoms with Gasteiger partial charge in [-0.15, -0.1) is 0 Å². The number of nitrogens with one attached hydrogen (secondary N) is 1. The standard InChI is InChI=1S/C27H24N2O8/c28-25(35)20-17(30)10-16-9-15-8-13-6-7-14(11-29-26(36)12-4-2-1-3-5-12)21(31)18(13)22(32)19(15)23(33)27(16,37)24(20)34/h1-7,15-16,31-32,34,37H,8-11H2,(H2,28,35)(H,29,36)/t15?,16-,27-/m0/s1. The number of ketones is 2. The largest absolute Gasteiger partial charge is 0.508 e. The number of primary amides is 1. The molecule has 0 aliphatic heterocycles. The van der Waals surface area contributed by atoms with Crippen molar-refractivity contribution in [3.63, 3.8) is 0 Å². The van der Waals surface area contributed by atoms with Crippen molar-refractivity contribution < 1.29 is 39.6 Å². The van der Waals surface area contributed by atoms with Crippen LogP contribution in [0.15, 0.2) is 59.4 Å². The normalized spacial score (nSPS) is 24.8. The lowest BCUT2D eigenvalue weighted by atomic mass is 9.59. The van der Waals surface area contributed by atoms with Crippen molar-refractivity contribution in [3.8, 4) is 5.75 Å². The molecule has 37 heavy (non-hydrogen) atoms. The number of aliphatic hydroxyl groups is 3. The zero-order valence-corrected chi connectivity index (χ0v) is 19.5. The highest BCUT2D eigenvalue weighted by atomic mass is 16.3. The van der Waals surface area contributed by atoms with Crippen LogP contribution in [-0.4, -0.2) is 49.4 Å². The van der Waals surface area contributed by atoms with Gasteiger partial charge in [-0.2, -0.15) is 0 Å². The van der Waals surface area contributed by atoms with E-state index < -0.39 is 52.0 Å². The molecular weight excluding hydrogens is 480 g/mol. The summed E-state index contributed by atoms with van der Waals surface area (Å²) in [6.45, 7) is -0.0630. The summed E-state index contributed by atoms with van der Waals surface area (Å²) in [5, 5.41) is 46.7. The van der Waals surface area contributed by atoms with Crippen LogP contribution in [0.4, 0.5) is 0 Å². The maximum atomic E-state index is 13.5. The monoisotopic (exact) mass is 504 g/mol. The Bertz CT molecular complexity index is 1440. The molecule has 3 aliphatic carbocycles. The topological polar surface area (TPSA) is 187 Å². The number of phenolic OH excluding ortho intramolecular Hbond substituents is 1. The number of phenols is 1. The molecule has 2 amide bonds. The maximum absolute atomic E-state index is 13.5. The minimum Gasteiger partial charge on any atom is -0.508 e. The number of nitrogens with two attached hydrogens (primary N) is 1. The zero-order chi connectivity index (χ0) is 26.6. The highest BCUT2D eigenvalue weighted by Gasteiger charge is 2.60. The van der Waals surface area contributed by atoms with E-state index in [0.29, 0.717) is 11.1 Å². The minimum atomic E-state index is -2.60. The fraction of sp³-hybridized carbons (Fsp3) is 0.259. The quantitative estimate of drug-likeness (QED) is 0.337. The number of hydrogen-bond acceptors (Lipinski definition) is 8. The predicted octanol–water partition coefficient (Wildman–Crippen LogP) is 1.35. The molecule has 190 valence electrons. The molecule has 0 radical (unpaired) electrons. The van der Waals surface area contributed by atoms with Crippen molar-refractivity contribution in [1.82, 2.24) is 5.32 Å². The van der Waals surface area contributed by atoms with Gasteiger partial charge in [0.15, 0.2) is 11.4 Å². The SMILES string of the molecule is NC(=O)C1=C(O)[C@@]2(O)C(=O)C3=C(O)c4c(ccc(CNC(=O)c5ccccc5)c4O)CC3C[C@H]2CC1=O. The van der Waals surface area contributed by atoms with Crippen LogP contribution in [0.2, 0.25) is 0 Å². The number of rotatable bonds is 4. The average molecular weight is 504 g/mol. The van der Waals surface area contributed by atoms with Crippen LogP contribution < -0.4 is 11.1 Å². The van der Waals surface area contributed by atoms with Gasteiger partial charge in [-0.25, -0.2) is 0 Å². The number of carbonyl (C=O) groups is 4. The molecule has 10 nitrogen and oxygen atoms in total. The second kappa shape index (κ2) is 8.59. The van der Waals surface area contributed by atoms with Crippen LogP contribution in [0, 0.1) is 11.8 Å². The van der Waals surface area contributed by atoms with Crippen LogP contribution in [-0.2, 0) is 27.3 Å². The van der Waals surface area contributed by atoms with E-state index in [1.165, 1.54) is 0 Å². The summed E-state index contributed by atoms with van der Waals surface area (Å²) in [7, 11) is 0. The van der Waals surface area contributed by atoms with E-state index in [0.717, 1.165) is 0 Å². The molecule has 1 fully saturated rings. The van der Waals surface area contributed by atoms with Crippen molar-refractivity contribution in [2.75, 3.05) is 0 Å². The molecule has 10 heteroatoms. The summed E-state index contributed by atoms with van der Waals surface area (Å²) in [5.41, 5.74) is 2.79. The Morgan fingerprint density at radius 3 is 2.41 bits per heavy atom. The van der Waals surface area contributed by atoms with E-state index in [1.807, 2.05) is 0 Å². The lowest BCUT2D eigenvalue weighted by molar-refractivity contribution is -0.147. The lowest BCUT2D eigenvalue weighted by Crippen LogP contribution is -2.58. The molecule has 0 spiro atoms. The molecule has 7 N–H and O–H groups in total. The maximum Gasteiger partial charge on any atom is 0.255 e. The zero-order valence-electron chi connectivity index (χ0n) is 19.5. The summed E-state index contributed by atoms with van der Waals surface area (Å²) in [5.74, 6) is -7.08. The summed E-state index contributed by atoms with van der Waals surface area (Å²) in [6, 6.07) is 11.8. The first-order valence-electron chi connectivity index (χ1n) is 11.7. The second-order valence-corrected chi connectivity index (χ2v) is 9.56. The number of amides is 2. The summed E-state index contributed by atoms with van der Waals surface area (Å²) >= 11 is 0. The highest BCUT2D eigenvalue weighted by Crippen LogP contribution is 2.52. The molecule has 0 heterocycles. The lowest BCUT2D eigenvalue weighted by Gasteiger charge is -2.46. The number of aromatic hydroxyl groups is 1. The van der Waals surface area contributed by atoms with Crippen molar-refractivity contribution >= 4 is 29.1 Å². The van der Waals surface area contributed by atoms with E-state index in [2.05, 4.69) is 5.32 Å². The molecule has 2 aromatic carbocycles. The Morgan fingerprint density at radius 2 is 1.73 bits per heavy atom. The number of Topliss-reactive ketones (excluding diaryl/α,β-unsaturated/α-hetero) is 2. The van der Waals surface area contributed by atoms with Crippen molar-refractivity contribution in [1.29, 1.82) is 0 Å². The Hall–Kier alpha value is -4.44. The first-order valence-corrected chi connectivity index (χ1v) is 11.7. The third-order valence-corrected chi connectivity index (χ3v) is 7.50. The fourth-order valence-electron chi connectivity index (χ4n) is 5.65. The van der Waals surface area contributed by atoms with Crippen LogP contribution in [0.5, 0.6) is 5.75 Å². The fourth-order valence-corrected chi connectivity index (χ4v) is 5.65. The number of benzene rings is 2. The van der Waals surface area contributed by atoms with Gasteiger partial charge in [0.1, 0.15) is 22.8 Å². The average Bonchev–Trinajstić information content (AvgIpc) is 2.86. The third-order valence-electron chi connectivity index (χ3n) is 7.50. The summed E-state index contributed by atoms with van der Waals surface area (Å²) < 4.78 is 0. The number of fused-ring (bicyclic) bond motifs is 3. The van der Waals surface area contributed by atoms with Crippen molar-refractivity contribution in [3.05, 3.63) is 81.6 Å². The molecule has 3 aliphatic rings. The van der Waals surface area contributed by atoms with Gasteiger partial charge < -0.3 is 31.5 Å². The van der Waals surface area contributed by atoms with Crippen molar-refractivity contribution in [2.45, 2.75) is 31.4 Å². The van der Waals surface area contributed by atoms with Gasteiger partial charge in [0.2, 0.25) is 5.78 Å². The van der Waals surface area contributed by atoms with Crippen LogP contribution >= 0.6 is 0 Å². The van der Waals surface area contributed by atoms with Gasteiger partial charge in [0.25, 0.3) is 11.8 Å². The van der Waals surface area contributed by atoms with Gasteiger partial charge >= 0.3 is 0 Å². The van der Waals surface area contributed by atoms with E-state index in [9.17, 15) is 39.6 Å². The molecule has 0 aromatic heterocycles.